The third-order valence-electron chi connectivity index (χ3n) is 3.17. The van der Waals surface area contributed by atoms with Crippen LogP contribution in [0.4, 0.5) is 0 Å². The molecular weight excluding hydrogens is 206 g/mol. The molecule has 1 aliphatic rings. The van der Waals surface area contributed by atoms with E-state index in [2.05, 4.69) is 0 Å². The Morgan fingerprint density at radius 3 is 2.69 bits per heavy atom. The molecule has 1 saturated heterocycles. The lowest BCUT2D eigenvalue weighted by atomic mass is 10.0. The summed E-state index contributed by atoms with van der Waals surface area (Å²) in [5.41, 5.74) is 10.6. The van der Waals surface area contributed by atoms with Gasteiger partial charge in [-0.1, -0.05) is 6.92 Å². The lowest BCUT2D eigenvalue weighted by molar-refractivity contribution is -0.134. The average Bonchev–Trinajstić information content (AvgIpc) is 2.74. The third-order valence-corrected chi connectivity index (χ3v) is 3.17. The van der Waals surface area contributed by atoms with Gasteiger partial charge in [-0.15, -0.1) is 0 Å². The number of nitrogens with zero attached hydrogens (tertiary/aromatic N) is 1. The standard InChI is InChI=1S/C11H21N3O2/c1-8(3-2-5-12)11(16)14-6-4-9(7-14)10(13)15/h8-9H,2-7,12H2,1H3,(H2,13,15). The molecule has 5 nitrogen and oxygen atoms in total. The Balaban J connectivity index is 2.41. The first-order valence-corrected chi connectivity index (χ1v) is 5.84. The molecule has 2 amide bonds. The molecule has 1 aliphatic heterocycles. The number of carbonyl (C=O) groups excluding carboxylic acids is 2. The Kier molecular flexibility index (Phi) is 4.73. The summed E-state index contributed by atoms with van der Waals surface area (Å²) < 4.78 is 0. The van der Waals surface area contributed by atoms with E-state index in [1.807, 2.05) is 6.92 Å². The fraction of sp³-hybridized carbons (Fsp3) is 0.818. The van der Waals surface area contributed by atoms with Gasteiger partial charge in [-0.25, -0.2) is 0 Å². The second-order valence-electron chi connectivity index (χ2n) is 4.50. The van der Waals surface area contributed by atoms with Gasteiger partial charge in [0.2, 0.25) is 11.8 Å². The number of amides is 2. The van der Waals surface area contributed by atoms with E-state index >= 15 is 0 Å². The van der Waals surface area contributed by atoms with E-state index in [1.165, 1.54) is 0 Å². The fourth-order valence-electron chi connectivity index (χ4n) is 2.05. The molecule has 0 aliphatic carbocycles. The highest BCUT2D eigenvalue weighted by Crippen LogP contribution is 2.19. The van der Waals surface area contributed by atoms with E-state index in [1.54, 1.807) is 4.90 Å². The van der Waals surface area contributed by atoms with Gasteiger partial charge in [0.05, 0.1) is 5.92 Å². The number of primary amides is 1. The van der Waals surface area contributed by atoms with Crippen molar-refractivity contribution >= 4 is 11.8 Å². The number of hydrogen-bond acceptors (Lipinski definition) is 3. The van der Waals surface area contributed by atoms with Gasteiger partial charge in [0, 0.05) is 19.0 Å². The number of carbonyl (C=O) groups is 2. The highest BCUT2D eigenvalue weighted by atomic mass is 16.2. The molecule has 0 aromatic carbocycles. The second kappa shape index (κ2) is 5.84. The highest BCUT2D eigenvalue weighted by Gasteiger charge is 2.31. The smallest absolute Gasteiger partial charge is 0.225 e. The van der Waals surface area contributed by atoms with Crippen LogP contribution in [0.5, 0.6) is 0 Å². The van der Waals surface area contributed by atoms with Gasteiger partial charge in [0.25, 0.3) is 0 Å². The topological polar surface area (TPSA) is 89.4 Å². The minimum absolute atomic E-state index is 0.00447. The van der Waals surface area contributed by atoms with Crippen molar-refractivity contribution in [1.82, 2.24) is 4.90 Å². The largest absolute Gasteiger partial charge is 0.369 e. The number of likely N-dealkylation sites (tertiary alicyclic amines) is 1. The Hall–Kier alpha value is -1.10. The van der Waals surface area contributed by atoms with Gasteiger partial charge in [-0.3, -0.25) is 9.59 Å². The molecule has 0 saturated carbocycles. The molecule has 0 aromatic rings. The molecule has 1 heterocycles. The maximum atomic E-state index is 12.0. The van der Waals surface area contributed by atoms with Crippen LogP contribution in [0.2, 0.25) is 0 Å². The van der Waals surface area contributed by atoms with Crippen LogP contribution in [-0.2, 0) is 9.59 Å². The van der Waals surface area contributed by atoms with Gasteiger partial charge in [0.1, 0.15) is 0 Å². The summed E-state index contributed by atoms with van der Waals surface area (Å²) in [5, 5.41) is 0. The lowest BCUT2D eigenvalue weighted by Crippen LogP contribution is -2.35. The van der Waals surface area contributed by atoms with Crippen LogP contribution in [0.25, 0.3) is 0 Å². The van der Waals surface area contributed by atoms with Gasteiger partial charge >= 0.3 is 0 Å². The molecule has 16 heavy (non-hydrogen) atoms. The average molecular weight is 227 g/mol. The van der Waals surface area contributed by atoms with Gasteiger partial charge in [0.15, 0.2) is 0 Å². The van der Waals surface area contributed by atoms with E-state index < -0.39 is 0 Å². The molecule has 4 N–H and O–H groups in total. The Morgan fingerprint density at radius 2 is 2.19 bits per heavy atom. The van der Waals surface area contributed by atoms with Crippen molar-refractivity contribution in [3.63, 3.8) is 0 Å². The first-order valence-electron chi connectivity index (χ1n) is 5.84. The molecule has 2 atom stereocenters. The molecule has 0 spiro atoms. The van der Waals surface area contributed by atoms with Crippen LogP contribution >= 0.6 is 0 Å². The molecule has 0 bridgehead atoms. The van der Waals surface area contributed by atoms with Crippen LogP contribution in [0.15, 0.2) is 0 Å². The van der Waals surface area contributed by atoms with E-state index in [0.717, 1.165) is 12.8 Å². The third kappa shape index (κ3) is 3.20. The van der Waals surface area contributed by atoms with Crippen LogP contribution in [0, 0.1) is 11.8 Å². The van der Waals surface area contributed by atoms with E-state index in [-0.39, 0.29) is 23.7 Å². The summed E-state index contributed by atoms with van der Waals surface area (Å²) in [6.45, 7) is 3.66. The monoisotopic (exact) mass is 227 g/mol. The molecule has 0 radical (unpaired) electrons. The minimum Gasteiger partial charge on any atom is -0.369 e. The maximum Gasteiger partial charge on any atom is 0.225 e. The normalized spacial score (nSPS) is 22.1. The SMILES string of the molecule is CC(CCCN)C(=O)N1CCC(C(N)=O)C1. The van der Waals surface area contributed by atoms with Crippen LogP contribution < -0.4 is 11.5 Å². The first-order chi connectivity index (χ1) is 7.56. The van der Waals surface area contributed by atoms with Crippen molar-refractivity contribution < 1.29 is 9.59 Å². The molecule has 2 unspecified atom stereocenters. The minimum atomic E-state index is -0.301. The van der Waals surface area contributed by atoms with Crippen molar-refractivity contribution in [3.05, 3.63) is 0 Å². The number of nitrogens with two attached hydrogens (primary N) is 2. The molecule has 0 aromatic heterocycles. The summed E-state index contributed by atoms with van der Waals surface area (Å²) in [5.74, 6) is -0.344. The number of rotatable bonds is 5. The van der Waals surface area contributed by atoms with Crippen LogP contribution in [0.1, 0.15) is 26.2 Å². The molecule has 5 heteroatoms. The number of hydrogen-bond donors (Lipinski definition) is 2. The van der Waals surface area contributed by atoms with Gasteiger partial charge in [-0.05, 0) is 25.8 Å². The van der Waals surface area contributed by atoms with Crippen molar-refractivity contribution in [3.8, 4) is 0 Å². The van der Waals surface area contributed by atoms with Gasteiger partial charge < -0.3 is 16.4 Å². The second-order valence-corrected chi connectivity index (χ2v) is 4.50. The summed E-state index contributed by atoms with van der Waals surface area (Å²) in [7, 11) is 0. The van der Waals surface area contributed by atoms with Crippen molar-refractivity contribution in [2.45, 2.75) is 26.2 Å². The summed E-state index contributed by atoms with van der Waals surface area (Å²) in [6, 6.07) is 0. The lowest BCUT2D eigenvalue weighted by Gasteiger charge is -2.20. The van der Waals surface area contributed by atoms with Crippen molar-refractivity contribution in [2.75, 3.05) is 19.6 Å². The predicted octanol–water partition coefficient (Wildman–Crippen LogP) is -0.305. The fourth-order valence-corrected chi connectivity index (χ4v) is 2.05. The summed E-state index contributed by atoms with van der Waals surface area (Å²) >= 11 is 0. The first kappa shape index (κ1) is 13.0. The van der Waals surface area contributed by atoms with Crippen molar-refractivity contribution in [1.29, 1.82) is 0 Å². The van der Waals surface area contributed by atoms with Crippen molar-refractivity contribution in [2.24, 2.45) is 23.3 Å². The zero-order chi connectivity index (χ0) is 12.1. The van der Waals surface area contributed by atoms with E-state index in [4.69, 9.17) is 11.5 Å². The zero-order valence-corrected chi connectivity index (χ0v) is 9.82. The molecule has 92 valence electrons. The molecule has 1 fully saturated rings. The highest BCUT2D eigenvalue weighted by molar-refractivity contribution is 5.82. The maximum absolute atomic E-state index is 12.0. The molecule has 1 rings (SSSR count). The Morgan fingerprint density at radius 1 is 1.50 bits per heavy atom. The van der Waals surface area contributed by atoms with E-state index in [0.29, 0.717) is 26.1 Å². The van der Waals surface area contributed by atoms with Crippen LogP contribution in [-0.4, -0.2) is 36.3 Å². The predicted molar refractivity (Wildman–Crippen MR) is 61.3 cm³/mol. The Labute approximate surface area is 96.1 Å². The Bertz CT molecular complexity index is 268. The zero-order valence-electron chi connectivity index (χ0n) is 9.82. The summed E-state index contributed by atoms with van der Waals surface area (Å²) in [6.07, 6.45) is 2.37. The quantitative estimate of drug-likeness (QED) is 0.675. The summed E-state index contributed by atoms with van der Waals surface area (Å²) in [4.78, 5) is 24.7. The van der Waals surface area contributed by atoms with Crippen LogP contribution in [0.3, 0.4) is 0 Å². The van der Waals surface area contributed by atoms with Gasteiger partial charge in [-0.2, -0.15) is 0 Å². The molecular formula is C11H21N3O2. The van der Waals surface area contributed by atoms with E-state index in [9.17, 15) is 9.59 Å².